The molecule has 2 amide bonds. The molecule has 0 unspecified atom stereocenters. The van der Waals surface area contributed by atoms with Crippen LogP contribution in [-0.2, 0) is 16.0 Å². The van der Waals surface area contributed by atoms with Gasteiger partial charge >= 0.3 is 0 Å². The van der Waals surface area contributed by atoms with Crippen molar-refractivity contribution >= 4 is 34.0 Å². The van der Waals surface area contributed by atoms with Crippen LogP contribution in [0, 0.1) is 13.8 Å². The second-order valence-corrected chi connectivity index (χ2v) is 9.02. The third-order valence-electron chi connectivity index (χ3n) is 5.68. The van der Waals surface area contributed by atoms with Crippen molar-refractivity contribution in [2.24, 2.45) is 0 Å². The van der Waals surface area contributed by atoms with E-state index in [9.17, 15) is 9.59 Å². The third-order valence-corrected chi connectivity index (χ3v) is 6.68. The maximum atomic E-state index is 12.6. The van der Waals surface area contributed by atoms with E-state index in [2.05, 4.69) is 47.6 Å². The van der Waals surface area contributed by atoms with Crippen LogP contribution in [0.5, 0.6) is 0 Å². The van der Waals surface area contributed by atoms with Crippen LogP contribution in [0.3, 0.4) is 0 Å². The Kier molecular flexibility index (Phi) is 6.42. The van der Waals surface area contributed by atoms with Crippen molar-refractivity contribution in [2.45, 2.75) is 45.4 Å². The number of benzene rings is 2. The average Bonchev–Trinajstić information content (AvgIpc) is 3.37. The Hall–Kier alpha value is -3.06. The highest BCUT2D eigenvalue weighted by Gasteiger charge is 2.34. The molecule has 31 heavy (non-hydrogen) atoms. The largest absolute Gasteiger partial charge is 0.312 e. The number of carbonyl (C=O) groups is 2. The van der Waals surface area contributed by atoms with E-state index >= 15 is 0 Å². The summed E-state index contributed by atoms with van der Waals surface area (Å²) in [7, 11) is 0. The van der Waals surface area contributed by atoms with Gasteiger partial charge in [0, 0.05) is 31.0 Å². The molecule has 4 rings (SSSR count). The van der Waals surface area contributed by atoms with Crippen LogP contribution in [0.25, 0.3) is 0 Å². The van der Waals surface area contributed by atoms with Gasteiger partial charge in [-0.15, -0.1) is 10.2 Å². The molecule has 1 aliphatic heterocycles. The summed E-state index contributed by atoms with van der Waals surface area (Å²) in [5, 5.41) is 12.5. The molecule has 1 saturated heterocycles. The van der Waals surface area contributed by atoms with Gasteiger partial charge in [-0.05, 0) is 55.5 Å². The van der Waals surface area contributed by atoms with E-state index in [1.54, 1.807) is 0 Å². The molecule has 1 aromatic heterocycles. The third kappa shape index (κ3) is 5.17. The number of hydrogen-bond donors (Lipinski definition) is 1. The number of carbonyl (C=O) groups excluding carboxylic acids is 2. The van der Waals surface area contributed by atoms with Gasteiger partial charge in [0.05, 0.1) is 0 Å². The molecule has 0 aliphatic carbocycles. The summed E-state index contributed by atoms with van der Waals surface area (Å²) in [5.74, 6) is 0.0307. The molecule has 1 aliphatic rings. The molecule has 6 nitrogen and oxygen atoms in total. The standard InChI is InChI=1S/C24H26N4O2S/c1-16-11-12-20(13-17(16)2)28-15-19(14-22(28)30)23-26-27-24(31-23)25-21(29)10-6-9-18-7-4-3-5-8-18/h3-5,7-8,11-13,19H,6,9-10,14-15H2,1-2H3,(H,25,27,29)/t19-/m1/s1. The molecule has 0 bridgehead atoms. The van der Waals surface area contributed by atoms with Crippen LogP contribution in [0.2, 0.25) is 0 Å². The van der Waals surface area contributed by atoms with E-state index in [1.807, 2.05) is 35.2 Å². The number of nitrogens with one attached hydrogen (secondary N) is 1. The van der Waals surface area contributed by atoms with Gasteiger partial charge in [0.15, 0.2) is 0 Å². The minimum absolute atomic E-state index is 0.00431. The Labute approximate surface area is 186 Å². The molecular weight excluding hydrogens is 408 g/mol. The van der Waals surface area contributed by atoms with E-state index < -0.39 is 0 Å². The van der Waals surface area contributed by atoms with Crippen molar-refractivity contribution in [3.05, 3.63) is 70.2 Å². The first-order chi connectivity index (χ1) is 15.0. The first-order valence-corrected chi connectivity index (χ1v) is 11.4. The first-order valence-electron chi connectivity index (χ1n) is 10.5. The summed E-state index contributed by atoms with van der Waals surface area (Å²) < 4.78 is 0. The first kappa shape index (κ1) is 21.2. The van der Waals surface area contributed by atoms with Crippen molar-refractivity contribution in [1.29, 1.82) is 0 Å². The Morgan fingerprint density at radius 1 is 1.13 bits per heavy atom. The van der Waals surface area contributed by atoms with Crippen LogP contribution in [0.15, 0.2) is 48.5 Å². The van der Waals surface area contributed by atoms with Gasteiger partial charge in [-0.2, -0.15) is 0 Å². The highest BCUT2D eigenvalue weighted by molar-refractivity contribution is 7.15. The zero-order chi connectivity index (χ0) is 21.8. The van der Waals surface area contributed by atoms with Crippen molar-refractivity contribution in [3.8, 4) is 0 Å². The van der Waals surface area contributed by atoms with Crippen molar-refractivity contribution in [2.75, 3.05) is 16.8 Å². The molecule has 3 aromatic rings. The molecule has 7 heteroatoms. The Morgan fingerprint density at radius 3 is 2.71 bits per heavy atom. The lowest BCUT2D eigenvalue weighted by Gasteiger charge is -2.17. The Morgan fingerprint density at radius 2 is 1.94 bits per heavy atom. The molecular formula is C24H26N4O2S. The minimum Gasteiger partial charge on any atom is -0.312 e. The number of aryl methyl sites for hydroxylation is 3. The van der Waals surface area contributed by atoms with Crippen molar-refractivity contribution in [3.63, 3.8) is 0 Å². The number of anilines is 2. The van der Waals surface area contributed by atoms with Crippen molar-refractivity contribution in [1.82, 2.24) is 10.2 Å². The lowest BCUT2D eigenvalue weighted by Crippen LogP contribution is -2.24. The Bertz CT molecular complexity index is 1080. The number of rotatable bonds is 7. The quantitative estimate of drug-likeness (QED) is 0.588. The van der Waals surface area contributed by atoms with Crippen molar-refractivity contribution < 1.29 is 9.59 Å². The number of amides is 2. The highest BCUT2D eigenvalue weighted by atomic mass is 32.1. The molecule has 1 fully saturated rings. The van der Waals surface area contributed by atoms with Gasteiger partial charge in [0.1, 0.15) is 5.01 Å². The zero-order valence-corrected chi connectivity index (χ0v) is 18.6. The number of hydrogen-bond acceptors (Lipinski definition) is 5. The van der Waals surface area contributed by atoms with E-state index in [0.717, 1.165) is 23.5 Å². The second kappa shape index (κ2) is 9.39. The molecule has 0 radical (unpaired) electrons. The lowest BCUT2D eigenvalue weighted by molar-refractivity contribution is -0.117. The summed E-state index contributed by atoms with van der Waals surface area (Å²) in [6, 6.07) is 16.2. The van der Waals surface area contributed by atoms with Gasteiger partial charge in [0.2, 0.25) is 16.9 Å². The summed E-state index contributed by atoms with van der Waals surface area (Å²) in [4.78, 5) is 26.7. The van der Waals surface area contributed by atoms with Crippen LogP contribution >= 0.6 is 11.3 Å². The topological polar surface area (TPSA) is 75.2 Å². The van der Waals surface area contributed by atoms with E-state index in [1.165, 1.54) is 28.0 Å². The number of nitrogens with zero attached hydrogens (tertiary/aromatic N) is 3. The smallest absolute Gasteiger partial charge is 0.227 e. The van der Waals surface area contributed by atoms with Crippen LogP contribution in [0.4, 0.5) is 10.8 Å². The number of aromatic nitrogens is 2. The summed E-state index contributed by atoms with van der Waals surface area (Å²) >= 11 is 1.36. The normalized spacial score (nSPS) is 16.0. The molecule has 2 aromatic carbocycles. The van der Waals surface area contributed by atoms with Gasteiger partial charge in [0.25, 0.3) is 0 Å². The fourth-order valence-electron chi connectivity index (χ4n) is 3.75. The van der Waals surface area contributed by atoms with E-state index in [-0.39, 0.29) is 17.7 Å². The van der Waals surface area contributed by atoms with E-state index in [4.69, 9.17) is 0 Å². The van der Waals surface area contributed by atoms with E-state index in [0.29, 0.717) is 24.5 Å². The molecule has 2 heterocycles. The summed E-state index contributed by atoms with van der Waals surface area (Å²) in [6.07, 6.45) is 2.50. The predicted octanol–water partition coefficient (Wildman–Crippen LogP) is 4.64. The van der Waals surface area contributed by atoms with Crippen LogP contribution < -0.4 is 10.2 Å². The SMILES string of the molecule is Cc1ccc(N2C[C@H](c3nnc(NC(=O)CCCc4ccccc4)s3)CC2=O)cc1C. The summed E-state index contributed by atoms with van der Waals surface area (Å²) in [5.41, 5.74) is 4.53. The monoisotopic (exact) mass is 434 g/mol. The van der Waals surface area contributed by atoms with Crippen LogP contribution in [0.1, 0.15) is 46.9 Å². The second-order valence-electron chi connectivity index (χ2n) is 8.01. The molecule has 160 valence electrons. The van der Waals surface area contributed by atoms with Gasteiger partial charge < -0.3 is 10.2 Å². The zero-order valence-electron chi connectivity index (χ0n) is 17.8. The van der Waals surface area contributed by atoms with Crippen LogP contribution in [-0.4, -0.2) is 28.6 Å². The predicted molar refractivity (Wildman–Crippen MR) is 124 cm³/mol. The molecule has 1 atom stereocenters. The maximum Gasteiger partial charge on any atom is 0.227 e. The van der Waals surface area contributed by atoms with Gasteiger partial charge in [-0.25, -0.2) is 0 Å². The van der Waals surface area contributed by atoms with Gasteiger partial charge in [-0.3, -0.25) is 9.59 Å². The van der Waals surface area contributed by atoms with Gasteiger partial charge in [-0.1, -0.05) is 47.7 Å². The minimum atomic E-state index is -0.0575. The highest BCUT2D eigenvalue weighted by Crippen LogP contribution is 2.34. The molecule has 0 spiro atoms. The fraction of sp³-hybridized carbons (Fsp3) is 0.333. The average molecular weight is 435 g/mol. The maximum absolute atomic E-state index is 12.6. The Balaban J connectivity index is 1.31. The fourth-order valence-corrected chi connectivity index (χ4v) is 4.60. The lowest BCUT2D eigenvalue weighted by atomic mass is 10.1. The summed E-state index contributed by atoms with van der Waals surface area (Å²) in [6.45, 7) is 4.70. The molecule has 0 saturated carbocycles. The molecule has 1 N–H and O–H groups in total.